The Balaban J connectivity index is 1.75. The van der Waals surface area contributed by atoms with Crippen molar-refractivity contribution in [3.8, 4) is 0 Å². The molecule has 1 aromatic heterocycles. The van der Waals surface area contributed by atoms with E-state index < -0.39 is 0 Å². The average molecular weight is 304 g/mol. The van der Waals surface area contributed by atoms with Crippen LogP contribution in [0.5, 0.6) is 0 Å². The van der Waals surface area contributed by atoms with Gasteiger partial charge in [0.1, 0.15) is 5.82 Å². The van der Waals surface area contributed by atoms with Crippen molar-refractivity contribution in [2.45, 2.75) is 49.7 Å². The number of nitrogens with one attached hydrogen (secondary N) is 1. The second kappa shape index (κ2) is 6.20. The maximum Gasteiger partial charge on any atom is 0.258 e. The summed E-state index contributed by atoms with van der Waals surface area (Å²) in [6.07, 6.45) is 3.74. The van der Waals surface area contributed by atoms with Crippen molar-refractivity contribution in [1.29, 1.82) is 0 Å². The summed E-state index contributed by atoms with van der Waals surface area (Å²) in [5.74, 6) is 1.47. The largest absolute Gasteiger partial charge is 0.393 e. The number of para-hydroxylation sites is 1. The number of benzene rings is 1. The van der Waals surface area contributed by atoms with Gasteiger partial charge >= 0.3 is 0 Å². The van der Waals surface area contributed by atoms with Crippen LogP contribution in [-0.2, 0) is 5.75 Å². The fourth-order valence-electron chi connectivity index (χ4n) is 2.83. The van der Waals surface area contributed by atoms with Gasteiger partial charge in [-0.3, -0.25) is 4.79 Å². The number of H-pyrrole nitrogens is 1. The molecule has 3 rings (SSSR count). The summed E-state index contributed by atoms with van der Waals surface area (Å²) in [7, 11) is 0. The molecular weight excluding hydrogens is 284 g/mol. The Bertz CT molecular complexity index is 690. The minimum atomic E-state index is -0.122. The van der Waals surface area contributed by atoms with E-state index >= 15 is 0 Å². The van der Waals surface area contributed by atoms with Crippen molar-refractivity contribution in [1.82, 2.24) is 9.97 Å². The summed E-state index contributed by atoms with van der Waals surface area (Å²) in [4.78, 5) is 19.6. The molecule has 0 amide bonds. The van der Waals surface area contributed by atoms with Gasteiger partial charge < -0.3 is 10.1 Å². The Morgan fingerprint density at radius 3 is 2.86 bits per heavy atom. The molecule has 1 aliphatic rings. The standard InChI is InChI=1S/C16H20N2O2S/c1-10-3-2-4-13-15(10)17-14(18-16(13)20)9-21-12-7-5-11(19)6-8-12/h2-4,11-12,19H,5-9H2,1H3,(H,17,18,20)/t11-,12+. The third-order valence-corrected chi connectivity index (χ3v) is 5.47. The number of aliphatic hydroxyl groups is 1. The Morgan fingerprint density at radius 1 is 1.33 bits per heavy atom. The Kier molecular flexibility index (Phi) is 4.31. The maximum absolute atomic E-state index is 12.1. The average Bonchev–Trinajstić information content (AvgIpc) is 2.48. The van der Waals surface area contributed by atoms with Crippen molar-refractivity contribution in [2.24, 2.45) is 0 Å². The highest BCUT2D eigenvalue weighted by Gasteiger charge is 2.20. The molecule has 0 spiro atoms. The summed E-state index contributed by atoms with van der Waals surface area (Å²) in [6, 6.07) is 5.68. The Labute approximate surface area is 128 Å². The molecule has 1 saturated carbocycles. The fraction of sp³-hybridized carbons (Fsp3) is 0.500. The maximum atomic E-state index is 12.1. The first-order chi connectivity index (χ1) is 10.1. The Morgan fingerprint density at radius 2 is 2.10 bits per heavy atom. The van der Waals surface area contributed by atoms with E-state index in [0.717, 1.165) is 48.3 Å². The number of aromatic amines is 1. The third kappa shape index (κ3) is 3.30. The zero-order valence-electron chi connectivity index (χ0n) is 12.1. The highest BCUT2D eigenvalue weighted by atomic mass is 32.2. The van der Waals surface area contributed by atoms with E-state index in [1.165, 1.54) is 0 Å². The van der Waals surface area contributed by atoms with Crippen LogP contribution in [0.2, 0.25) is 0 Å². The highest BCUT2D eigenvalue weighted by molar-refractivity contribution is 7.99. The van der Waals surface area contributed by atoms with E-state index in [4.69, 9.17) is 0 Å². The zero-order chi connectivity index (χ0) is 14.8. The summed E-state index contributed by atoms with van der Waals surface area (Å²) in [6.45, 7) is 1.98. The molecule has 1 fully saturated rings. The van der Waals surface area contributed by atoms with Crippen molar-refractivity contribution in [2.75, 3.05) is 0 Å². The van der Waals surface area contributed by atoms with Crippen LogP contribution in [0.25, 0.3) is 10.9 Å². The summed E-state index contributed by atoms with van der Waals surface area (Å²) >= 11 is 1.83. The molecule has 0 bridgehead atoms. The number of hydrogen-bond acceptors (Lipinski definition) is 4. The van der Waals surface area contributed by atoms with Crippen LogP contribution in [0.1, 0.15) is 37.1 Å². The minimum Gasteiger partial charge on any atom is -0.393 e. The number of fused-ring (bicyclic) bond motifs is 1. The lowest BCUT2D eigenvalue weighted by atomic mass is 9.97. The van der Waals surface area contributed by atoms with Gasteiger partial charge in [0.2, 0.25) is 0 Å². The van der Waals surface area contributed by atoms with Gasteiger partial charge in [-0.2, -0.15) is 11.8 Å². The van der Waals surface area contributed by atoms with Crippen LogP contribution >= 0.6 is 11.8 Å². The summed E-state index contributed by atoms with van der Waals surface area (Å²) in [5.41, 5.74) is 1.78. The van der Waals surface area contributed by atoms with Gasteiger partial charge in [-0.1, -0.05) is 12.1 Å². The van der Waals surface area contributed by atoms with Gasteiger partial charge in [0.05, 0.1) is 22.8 Å². The number of aromatic nitrogens is 2. The van der Waals surface area contributed by atoms with Gasteiger partial charge in [-0.05, 0) is 44.2 Å². The molecule has 5 heteroatoms. The molecule has 0 saturated heterocycles. The first-order valence-electron chi connectivity index (χ1n) is 7.41. The number of aliphatic hydroxyl groups excluding tert-OH is 1. The SMILES string of the molecule is Cc1cccc2c(=O)[nH]c(CS[C@H]3CC[C@@H](O)CC3)nc12. The molecule has 1 aromatic carbocycles. The molecule has 2 N–H and O–H groups in total. The van der Waals surface area contributed by atoms with Gasteiger partial charge in [-0.15, -0.1) is 0 Å². The van der Waals surface area contributed by atoms with Crippen LogP contribution in [0.4, 0.5) is 0 Å². The quantitative estimate of drug-likeness (QED) is 0.915. The molecule has 0 aliphatic heterocycles. The fourth-order valence-corrected chi connectivity index (χ4v) is 3.96. The predicted molar refractivity (Wildman–Crippen MR) is 86.7 cm³/mol. The normalized spacial score (nSPS) is 22.6. The van der Waals surface area contributed by atoms with E-state index in [2.05, 4.69) is 9.97 Å². The molecule has 112 valence electrons. The number of thioether (sulfide) groups is 1. The lowest BCUT2D eigenvalue weighted by molar-refractivity contribution is 0.132. The van der Waals surface area contributed by atoms with Gasteiger partial charge in [0.25, 0.3) is 5.56 Å². The van der Waals surface area contributed by atoms with Crippen LogP contribution in [-0.4, -0.2) is 26.4 Å². The third-order valence-electron chi connectivity index (χ3n) is 4.09. The summed E-state index contributed by atoms with van der Waals surface area (Å²) in [5, 5.41) is 10.7. The van der Waals surface area contributed by atoms with Gasteiger partial charge in [-0.25, -0.2) is 4.98 Å². The van der Waals surface area contributed by atoms with E-state index in [1.54, 1.807) is 0 Å². The zero-order valence-corrected chi connectivity index (χ0v) is 12.9. The highest BCUT2D eigenvalue weighted by Crippen LogP contribution is 2.30. The molecule has 1 heterocycles. The van der Waals surface area contributed by atoms with Crippen LogP contribution in [0.3, 0.4) is 0 Å². The van der Waals surface area contributed by atoms with E-state index in [1.807, 2.05) is 36.9 Å². The second-order valence-electron chi connectivity index (χ2n) is 5.73. The number of aryl methyl sites for hydroxylation is 1. The number of nitrogens with zero attached hydrogens (tertiary/aromatic N) is 1. The van der Waals surface area contributed by atoms with Gasteiger partial charge in [0.15, 0.2) is 0 Å². The molecule has 0 atom stereocenters. The smallest absolute Gasteiger partial charge is 0.258 e. The van der Waals surface area contributed by atoms with E-state index in [0.29, 0.717) is 10.6 Å². The first-order valence-corrected chi connectivity index (χ1v) is 8.46. The second-order valence-corrected chi connectivity index (χ2v) is 7.01. The molecule has 2 aromatic rings. The van der Waals surface area contributed by atoms with Gasteiger partial charge in [0, 0.05) is 5.25 Å². The Hall–Kier alpha value is -1.33. The van der Waals surface area contributed by atoms with Crippen LogP contribution in [0, 0.1) is 6.92 Å². The molecule has 4 nitrogen and oxygen atoms in total. The topological polar surface area (TPSA) is 66.0 Å². The van der Waals surface area contributed by atoms with Crippen molar-refractivity contribution >= 4 is 22.7 Å². The van der Waals surface area contributed by atoms with E-state index in [-0.39, 0.29) is 11.7 Å². The minimum absolute atomic E-state index is 0.0571. The van der Waals surface area contributed by atoms with Crippen molar-refractivity contribution in [3.05, 3.63) is 39.9 Å². The molecule has 0 unspecified atom stereocenters. The monoisotopic (exact) mass is 304 g/mol. The van der Waals surface area contributed by atoms with Crippen LogP contribution in [0.15, 0.2) is 23.0 Å². The predicted octanol–water partition coefficient (Wildman–Crippen LogP) is 2.77. The lowest BCUT2D eigenvalue weighted by Gasteiger charge is -2.24. The molecular formula is C16H20N2O2S. The number of hydrogen-bond donors (Lipinski definition) is 2. The molecule has 0 radical (unpaired) electrons. The number of rotatable bonds is 3. The lowest BCUT2D eigenvalue weighted by Crippen LogP contribution is -2.20. The van der Waals surface area contributed by atoms with Crippen LogP contribution < -0.4 is 5.56 Å². The first kappa shape index (κ1) is 14.6. The van der Waals surface area contributed by atoms with E-state index in [9.17, 15) is 9.90 Å². The molecule has 1 aliphatic carbocycles. The van der Waals surface area contributed by atoms with Crippen molar-refractivity contribution < 1.29 is 5.11 Å². The summed E-state index contributed by atoms with van der Waals surface area (Å²) < 4.78 is 0. The van der Waals surface area contributed by atoms with Crippen molar-refractivity contribution in [3.63, 3.8) is 0 Å². The molecule has 21 heavy (non-hydrogen) atoms.